The van der Waals surface area contributed by atoms with Gasteiger partial charge >= 0.3 is 17.4 Å². The van der Waals surface area contributed by atoms with Gasteiger partial charge in [0.15, 0.2) is 5.58 Å². The number of carbonyl (C=O) groups is 1. The van der Waals surface area contributed by atoms with Gasteiger partial charge in [0.2, 0.25) is 0 Å². The number of nitrogens with zero attached hydrogens (tertiary/aromatic N) is 3. The Hall–Kier alpha value is -3.40. The highest BCUT2D eigenvalue weighted by Crippen LogP contribution is 2.31. The van der Waals surface area contributed by atoms with E-state index in [1.54, 1.807) is 24.3 Å². The summed E-state index contributed by atoms with van der Waals surface area (Å²) in [4.78, 5) is 51.8. The number of aromatic nitrogens is 3. The zero-order valence-corrected chi connectivity index (χ0v) is 18.3. The van der Waals surface area contributed by atoms with Crippen LogP contribution >= 0.6 is 11.3 Å². The molecule has 0 aliphatic heterocycles. The monoisotopic (exact) mass is 443 g/mol. The molecule has 0 atom stereocenters. The Kier molecular flexibility index (Phi) is 5.18. The number of benzene rings is 1. The maximum Gasteiger partial charge on any atom is 0.420 e. The topological polar surface area (TPSA) is 105 Å². The van der Waals surface area contributed by atoms with Crippen LogP contribution in [-0.2, 0) is 24.9 Å². The molecule has 9 nitrogen and oxygen atoms in total. The molecule has 0 unspecified atom stereocenters. The molecule has 0 aliphatic rings. The fourth-order valence-electron chi connectivity index (χ4n) is 3.64. The molecule has 0 amide bonds. The largest absolute Gasteiger partial charge is 0.465 e. The Morgan fingerprint density at radius 2 is 1.87 bits per heavy atom. The number of hydrogen-bond donors (Lipinski definition) is 0. The third-order valence-electron chi connectivity index (χ3n) is 5.06. The average molecular weight is 443 g/mol. The summed E-state index contributed by atoms with van der Waals surface area (Å²) in [7, 11) is 2.61. The molecule has 31 heavy (non-hydrogen) atoms. The number of ether oxygens (including phenoxy) is 1. The Labute approximate surface area is 179 Å². The van der Waals surface area contributed by atoms with Gasteiger partial charge in [-0.3, -0.25) is 18.5 Å². The van der Waals surface area contributed by atoms with Crippen molar-refractivity contribution in [2.75, 3.05) is 7.11 Å². The first-order chi connectivity index (χ1) is 14.7. The van der Waals surface area contributed by atoms with Crippen LogP contribution in [0.4, 0.5) is 0 Å². The molecule has 0 aliphatic carbocycles. The standard InChI is InChI=1S/C21H21N3O6S/c1-11(2)9-24-18-16(17(25)22(3)20(24)27)15(19(26)29-4)14(31-18)10-23-12-7-5-6-8-13(12)30-21(23)28/h5-8,11H,9-10H2,1-4H3. The number of methoxy groups -OCH3 is 1. The molecule has 0 bridgehead atoms. The number of fused-ring (bicyclic) bond motifs is 2. The highest BCUT2D eigenvalue weighted by molar-refractivity contribution is 7.19. The van der Waals surface area contributed by atoms with Crippen molar-refractivity contribution in [3.8, 4) is 0 Å². The summed E-state index contributed by atoms with van der Waals surface area (Å²) in [6, 6.07) is 6.94. The molecule has 3 aromatic heterocycles. The minimum Gasteiger partial charge on any atom is -0.465 e. The molecule has 0 N–H and O–H groups in total. The maximum atomic E-state index is 13.0. The number of para-hydroxylation sites is 2. The van der Waals surface area contributed by atoms with Crippen molar-refractivity contribution in [2.45, 2.75) is 26.9 Å². The van der Waals surface area contributed by atoms with Crippen molar-refractivity contribution in [2.24, 2.45) is 13.0 Å². The Bertz CT molecular complexity index is 1500. The van der Waals surface area contributed by atoms with Gasteiger partial charge < -0.3 is 9.15 Å². The van der Waals surface area contributed by atoms with E-state index in [0.717, 1.165) is 15.9 Å². The van der Waals surface area contributed by atoms with Crippen molar-refractivity contribution < 1.29 is 13.9 Å². The molecule has 162 valence electrons. The van der Waals surface area contributed by atoms with Crippen LogP contribution in [0.5, 0.6) is 0 Å². The van der Waals surface area contributed by atoms with Crippen molar-refractivity contribution in [1.82, 2.24) is 13.7 Å². The zero-order valence-electron chi connectivity index (χ0n) is 17.5. The molecule has 0 fully saturated rings. The quantitative estimate of drug-likeness (QED) is 0.438. The Balaban J connectivity index is 2.05. The SMILES string of the molecule is COC(=O)c1c(Cn2c(=O)oc3ccccc32)sc2c1c(=O)n(C)c(=O)n2CC(C)C. The number of hydrogen-bond acceptors (Lipinski definition) is 7. The third kappa shape index (κ3) is 3.32. The minimum absolute atomic E-state index is 0.00134. The summed E-state index contributed by atoms with van der Waals surface area (Å²) in [6.45, 7) is 4.28. The van der Waals surface area contributed by atoms with Crippen LogP contribution in [0.1, 0.15) is 29.1 Å². The number of carbonyl (C=O) groups excluding carboxylic acids is 1. The molecular formula is C21H21N3O6S. The van der Waals surface area contributed by atoms with Gasteiger partial charge in [0.25, 0.3) is 5.56 Å². The highest BCUT2D eigenvalue weighted by Gasteiger charge is 2.27. The highest BCUT2D eigenvalue weighted by atomic mass is 32.1. The average Bonchev–Trinajstić information content (AvgIpc) is 3.27. The lowest BCUT2D eigenvalue weighted by Gasteiger charge is -2.11. The molecular weight excluding hydrogens is 422 g/mol. The predicted molar refractivity (Wildman–Crippen MR) is 117 cm³/mol. The zero-order chi connectivity index (χ0) is 22.4. The van der Waals surface area contributed by atoms with E-state index in [9.17, 15) is 19.2 Å². The smallest absolute Gasteiger partial charge is 0.420 e. The van der Waals surface area contributed by atoms with E-state index in [4.69, 9.17) is 9.15 Å². The third-order valence-corrected chi connectivity index (χ3v) is 6.25. The van der Waals surface area contributed by atoms with Crippen LogP contribution in [0.25, 0.3) is 21.3 Å². The van der Waals surface area contributed by atoms with Crippen molar-refractivity contribution in [1.29, 1.82) is 0 Å². The summed E-state index contributed by atoms with van der Waals surface area (Å²) >= 11 is 1.14. The van der Waals surface area contributed by atoms with Crippen molar-refractivity contribution in [3.63, 3.8) is 0 Å². The van der Waals surface area contributed by atoms with Gasteiger partial charge in [0.05, 0.1) is 30.1 Å². The van der Waals surface area contributed by atoms with Gasteiger partial charge in [-0.15, -0.1) is 11.3 Å². The predicted octanol–water partition coefficient (Wildman–Crippen LogP) is 2.16. The van der Waals surface area contributed by atoms with Crippen LogP contribution in [-0.4, -0.2) is 26.8 Å². The van der Waals surface area contributed by atoms with Gasteiger partial charge in [-0.2, -0.15) is 0 Å². The van der Waals surface area contributed by atoms with Crippen LogP contribution < -0.4 is 17.0 Å². The lowest BCUT2D eigenvalue weighted by atomic mass is 10.1. The van der Waals surface area contributed by atoms with E-state index in [0.29, 0.717) is 27.4 Å². The fraction of sp³-hybridized carbons (Fsp3) is 0.333. The second-order valence-electron chi connectivity index (χ2n) is 7.65. The second kappa shape index (κ2) is 7.69. The first-order valence-corrected chi connectivity index (χ1v) is 10.5. The van der Waals surface area contributed by atoms with E-state index < -0.39 is 23.0 Å². The molecule has 0 spiro atoms. The van der Waals surface area contributed by atoms with E-state index in [1.165, 1.54) is 23.3 Å². The number of rotatable bonds is 5. The van der Waals surface area contributed by atoms with Crippen molar-refractivity contribution >= 4 is 38.6 Å². The first kappa shape index (κ1) is 20.9. The maximum absolute atomic E-state index is 13.0. The van der Waals surface area contributed by atoms with Crippen molar-refractivity contribution in [3.05, 3.63) is 66.1 Å². The number of thiophene rings is 1. The second-order valence-corrected chi connectivity index (χ2v) is 8.73. The molecule has 4 aromatic rings. The number of oxazole rings is 1. The fourth-order valence-corrected chi connectivity index (χ4v) is 4.91. The molecule has 0 saturated carbocycles. The normalized spacial score (nSPS) is 11.6. The van der Waals surface area contributed by atoms with Crippen LogP contribution in [0.3, 0.4) is 0 Å². The molecule has 4 rings (SSSR count). The van der Waals surface area contributed by atoms with Gasteiger partial charge in [0, 0.05) is 18.5 Å². The molecule has 0 radical (unpaired) electrons. The van der Waals surface area contributed by atoms with E-state index >= 15 is 0 Å². The molecule has 0 saturated heterocycles. The lowest BCUT2D eigenvalue weighted by molar-refractivity contribution is 0.0602. The summed E-state index contributed by atoms with van der Waals surface area (Å²) < 4.78 is 14.1. The summed E-state index contributed by atoms with van der Waals surface area (Å²) in [5, 5.41) is 0.121. The van der Waals surface area contributed by atoms with Crippen LogP contribution in [0, 0.1) is 5.92 Å². The van der Waals surface area contributed by atoms with Gasteiger partial charge in [-0.1, -0.05) is 26.0 Å². The van der Waals surface area contributed by atoms with Gasteiger partial charge in [0.1, 0.15) is 4.83 Å². The Morgan fingerprint density at radius 3 is 2.55 bits per heavy atom. The Morgan fingerprint density at radius 1 is 1.16 bits per heavy atom. The van der Waals surface area contributed by atoms with Crippen LogP contribution in [0.15, 0.2) is 43.1 Å². The van der Waals surface area contributed by atoms with Gasteiger partial charge in [-0.05, 0) is 18.1 Å². The lowest BCUT2D eigenvalue weighted by Crippen LogP contribution is -2.38. The molecule has 10 heteroatoms. The summed E-state index contributed by atoms with van der Waals surface area (Å²) in [5.41, 5.74) is 0.0144. The number of esters is 1. The first-order valence-electron chi connectivity index (χ1n) is 9.66. The minimum atomic E-state index is -0.700. The summed E-state index contributed by atoms with van der Waals surface area (Å²) in [5.74, 6) is -1.15. The van der Waals surface area contributed by atoms with E-state index in [1.807, 2.05) is 13.8 Å². The molecule has 3 heterocycles. The van der Waals surface area contributed by atoms with E-state index in [2.05, 4.69) is 0 Å². The van der Waals surface area contributed by atoms with Gasteiger partial charge in [-0.25, -0.2) is 14.4 Å². The summed E-state index contributed by atoms with van der Waals surface area (Å²) in [6.07, 6.45) is 0. The van der Waals surface area contributed by atoms with E-state index in [-0.39, 0.29) is 23.4 Å². The molecule has 1 aromatic carbocycles. The van der Waals surface area contributed by atoms with Crippen LogP contribution in [0.2, 0.25) is 0 Å².